The van der Waals surface area contributed by atoms with Crippen LogP contribution in [0.1, 0.15) is 12.2 Å². The van der Waals surface area contributed by atoms with Gasteiger partial charge in [-0.25, -0.2) is 4.98 Å². The summed E-state index contributed by atoms with van der Waals surface area (Å²) in [6.45, 7) is 0. The third-order valence-corrected chi connectivity index (χ3v) is 2.98. The van der Waals surface area contributed by atoms with Crippen LogP contribution in [0.4, 0.5) is 0 Å². The first-order valence-corrected chi connectivity index (χ1v) is 5.62. The van der Waals surface area contributed by atoms with Gasteiger partial charge in [0.1, 0.15) is 10.7 Å². The second-order valence-corrected chi connectivity index (χ2v) is 4.12. The van der Waals surface area contributed by atoms with Crippen molar-refractivity contribution in [2.24, 2.45) is 0 Å². The van der Waals surface area contributed by atoms with Crippen LogP contribution >= 0.6 is 11.3 Å². The van der Waals surface area contributed by atoms with Crippen molar-refractivity contribution in [3.8, 4) is 0 Å². The number of aryl methyl sites for hydroxylation is 1. The maximum atomic E-state index is 11.6. The van der Waals surface area contributed by atoms with E-state index in [0.29, 0.717) is 22.5 Å². The number of aromatic amines is 1. The number of hydrogen-bond acceptors (Lipinski definition) is 5. The fourth-order valence-corrected chi connectivity index (χ4v) is 2.13. The van der Waals surface area contributed by atoms with Crippen molar-refractivity contribution in [3.05, 3.63) is 27.6 Å². The van der Waals surface area contributed by atoms with Gasteiger partial charge in [-0.05, 0) is 11.4 Å². The van der Waals surface area contributed by atoms with E-state index in [-0.39, 0.29) is 17.9 Å². The molecule has 0 saturated heterocycles. The highest BCUT2D eigenvalue weighted by Gasteiger charge is 2.07. The molecule has 0 saturated carbocycles. The molecule has 84 valence electrons. The summed E-state index contributed by atoms with van der Waals surface area (Å²) in [7, 11) is 1.33. The Morgan fingerprint density at radius 2 is 2.44 bits per heavy atom. The number of nitrogens with one attached hydrogen (secondary N) is 1. The van der Waals surface area contributed by atoms with E-state index in [4.69, 9.17) is 0 Å². The number of esters is 1. The normalized spacial score (nSPS) is 10.6. The number of rotatable bonds is 3. The van der Waals surface area contributed by atoms with Gasteiger partial charge in [-0.15, -0.1) is 11.3 Å². The Balaban J connectivity index is 2.25. The lowest BCUT2D eigenvalue weighted by molar-refractivity contribution is -0.140. The molecule has 0 aromatic carbocycles. The number of thiophene rings is 1. The number of fused-ring (bicyclic) bond motifs is 1. The van der Waals surface area contributed by atoms with Gasteiger partial charge in [-0.1, -0.05) is 0 Å². The van der Waals surface area contributed by atoms with E-state index in [0.717, 1.165) is 0 Å². The van der Waals surface area contributed by atoms with E-state index in [1.54, 1.807) is 6.07 Å². The van der Waals surface area contributed by atoms with E-state index in [1.165, 1.54) is 18.4 Å². The monoisotopic (exact) mass is 238 g/mol. The highest BCUT2D eigenvalue weighted by atomic mass is 32.1. The highest BCUT2D eigenvalue weighted by molar-refractivity contribution is 7.16. The number of nitrogens with zero attached hydrogens (tertiary/aromatic N) is 1. The molecule has 0 spiro atoms. The standard InChI is InChI=1S/C10H10N2O3S/c1-15-8(13)3-2-7-11-9(14)6-4-5-16-10(6)12-7/h4-5H,2-3H2,1H3,(H,11,12,14). The van der Waals surface area contributed by atoms with Gasteiger partial charge in [0, 0.05) is 6.42 Å². The Bertz CT molecular complexity index is 573. The summed E-state index contributed by atoms with van der Waals surface area (Å²) in [5, 5.41) is 2.41. The lowest BCUT2D eigenvalue weighted by Gasteiger charge is -1.99. The zero-order valence-electron chi connectivity index (χ0n) is 8.65. The van der Waals surface area contributed by atoms with Gasteiger partial charge in [0.25, 0.3) is 5.56 Å². The Morgan fingerprint density at radius 1 is 1.62 bits per heavy atom. The number of H-pyrrole nitrogens is 1. The summed E-state index contributed by atoms with van der Waals surface area (Å²) < 4.78 is 4.52. The molecule has 0 fully saturated rings. The van der Waals surface area contributed by atoms with Crippen LogP contribution in [-0.4, -0.2) is 23.0 Å². The van der Waals surface area contributed by atoms with E-state index < -0.39 is 0 Å². The van der Waals surface area contributed by atoms with Gasteiger partial charge in [0.2, 0.25) is 0 Å². The third kappa shape index (κ3) is 2.11. The summed E-state index contributed by atoms with van der Waals surface area (Å²) in [4.78, 5) is 30.1. The number of carbonyl (C=O) groups is 1. The van der Waals surface area contributed by atoms with Gasteiger partial charge < -0.3 is 9.72 Å². The Kier molecular flexibility index (Phi) is 3.00. The minimum absolute atomic E-state index is 0.161. The molecule has 6 heteroatoms. The smallest absolute Gasteiger partial charge is 0.305 e. The molecule has 5 nitrogen and oxygen atoms in total. The van der Waals surface area contributed by atoms with Gasteiger partial charge in [-0.3, -0.25) is 9.59 Å². The molecule has 0 radical (unpaired) electrons. The van der Waals surface area contributed by atoms with E-state index >= 15 is 0 Å². The minimum atomic E-state index is -0.311. The summed E-state index contributed by atoms with van der Waals surface area (Å²) in [5.74, 6) is 0.208. The summed E-state index contributed by atoms with van der Waals surface area (Å²) in [5.41, 5.74) is -0.161. The van der Waals surface area contributed by atoms with Crippen LogP contribution in [0, 0.1) is 0 Å². The molecule has 2 heterocycles. The minimum Gasteiger partial charge on any atom is -0.469 e. The van der Waals surface area contributed by atoms with Crippen LogP contribution in [0.3, 0.4) is 0 Å². The average Bonchev–Trinajstić information content (AvgIpc) is 2.74. The number of aromatic nitrogens is 2. The quantitative estimate of drug-likeness (QED) is 0.812. The zero-order valence-corrected chi connectivity index (χ0v) is 9.47. The molecule has 0 unspecified atom stereocenters. The fraction of sp³-hybridized carbons (Fsp3) is 0.300. The molecular weight excluding hydrogens is 228 g/mol. The van der Waals surface area contributed by atoms with Crippen molar-refractivity contribution in [2.45, 2.75) is 12.8 Å². The van der Waals surface area contributed by atoms with Crippen molar-refractivity contribution in [1.82, 2.24) is 9.97 Å². The van der Waals surface area contributed by atoms with Crippen molar-refractivity contribution in [1.29, 1.82) is 0 Å². The van der Waals surface area contributed by atoms with Crippen LogP contribution in [0.25, 0.3) is 10.2 Å². The van der Waals surface area contributed by atoms with Crippen molar-refractivity contribution in [3.63, 3.8) is 0 Å². The lowest BCUT2D eigenvalue weighted by atomic mass is 10.3. The maximum Gasteiger partial charge on any atom is 0.305 e. The first-order valence-electron chi connectivity index (χ1n) is 4.74. The number of hydrogen-bond donors (Lipinski definition) is 1. The predicted molar refractivity (Wildman–Crippen MR) is 60.6 cm³/mol. The first-order chi connectivity index (χ1) is 7.70. The van der Waals surface area contributed by atoms with Crippen LogP contribution in [0.5, 0.6) is 0 Å². The molecule has 0 bridgehead atoms. The first kappa shape index (κ1) is 10.8. The van der Waals surface area contributed by atoms with E-state index in [2.05, 4.69) is 14.7 Å². The SMILES string of the molecule is COC(=O)CCc1nc2sccc2c(=O)[nH]1. The molecule has 0 amide bonds. The average molecular weight is 238 g/mol. The Labute approximate surface area is 95.1 Å². The number of ether oxygens (including phenoxy) is 1. The molecule has 0 atom stereocenters. The number of methoxy groups -OCH3 is 1. The van der Waals surface area contributed by atoms with Gasteiger partial charge in [-0.2, -0.15) is 0 Å². The highest BCUT2D eigenvalue weighted by Crippen LogP contribution is 2.14. The Hall–Kier alpha value is -1.69. The Morgan fingerprint density at radius 3 is 3.19 bits per heavy atom. The van der Waals surface area contributed by atoms with Gasteiger partial charge in [0.05, 0.1) is 18.9 Å². The summed E-state index contributed by atoms with van der Waals surface area (Å²) in [6.07, 6.45) is 0.603. The van der Waals surface area contributed by atoms with Crippen LogP contribution in [-0.2, 0) is 16.0 Å². The van der Waals surface area contributed by atoms with E-state index in [9.17, 15) is 9.59 Å². The van der Waals surface area contributed by atoms with Crippen LogP contribution in [0.2, 0.25) is 0 Å². The number of carbonyl (C=O) groups excluding carboxylic acids is 1. The summed E-state index contributed by atoms with van der Waals surface area (Å²) >= 11 is 1.41. The molecule has 2 rings (SSSR count). The van der Waals surface area contributed by atoms with Crippen molar-refractivity contribution >= 4 is 27.5 Å². The molecule has 1 N–H and O–H groups in total. The molecular formula is C10H10N2O3S. The summed E-state index contributed by atoms with van der Waals surface area (Å²) in [6, 6.07) is 1.73. The largest absolute Gasteiger partial charge is 0.469 e. The molecule has 2 aromatic heterocycles. The van der Waals surface area contributed by atoms with E-state index in [1.807, 2.05) is 5.38 Å². The zero-order chi connectivity index (χ0) is 11.5. The topological polar surface area (TPSA) is 72.0 Å². The lowest BCUT2D eigenvalue weighted by Crippen LogP contribution is -2.12. The second kappa shape index (κ2) is 4.44. The van der Waals surface area contributed by atoms with Crippen LogP contribution in [0.15, 0.2) is 16.2 Å². The molecule has 2 aromatic rings. The van der Waals surface area contributed by atoms with Crippen molar-refractivity contribution < 1.29 is 9.53 Å². The van der Waals surface area contributed by atoms with Gasteiger partial charge >= 0.3 is 5.97 Å². The molecule has 0 aliphatic carbocycles. The third-order valence-electron chi connectivity index (χ3n) is 2.18. The van der Waals surface area contributed by atoms with Gasteiger partial charge in [0.15, 0.2) is 0 Å². The van der Waals surface area contributed by atoms with Crippen molar-refractivity contribution in [2.75, 3.05) is 7.11 Å². The molecule has 0 aliphatic rings. The van der Waals surface area contributed by atoms with Crippen LogP contribution < -0.4 is 5.56 Å². The maximum absolute atomic E-state index is 11.6. The molecule has 0 aliphatic heterocycles. The predicted octanol–water partition coefficient (Wildman–Crippen LogP) is 1.09. The molecule has 16 heavy (non-hydrogen) atoms. The second-order valence-electron chi connectivity index (χ2n) is 3.23. The fourth-order valence-electron chi connectivity index (χ4n) is 1.35.